The number of nitrogens with one attached hydrogen (secondary N) is 1. The predicted molar refractivity (Wildman–Crippen MR) is 117 cm³/mol. The van der Waals surface area contributed by atoms with E-state index in [-0.39, 0.29) is 29.1 Å². The van der Waals surface area contributed by atoms with Crippen molar-refractivity contribution in [2.45, 2.75) is 24.8 Å². The molecule has 6 nitrogen and oxygen atoms in total. The number of benzene rings is 2. The van der Waals surface area contributed by atoms with Crippen molar-refractivity contribution in [3.63, 3.8) is 0 Å². The summed E-state index contributed by atoms with van der Waals surface area (Å²) in [5.74, 6) is -0.413. The number of hydrogen-bond acceptors (Lipinski definition) is 5. The van der Waals surface area contributed by atoms with E-state index in [1.165, 1.54) is 28.6 Å². The lowest BCUT2D eigenvalue weighted by Crippen LogP contribution is -2.34. The standard InChI is InChI=1S/C22H30FN3O3S/c1-5-26(6-2)30(28,29)20-13-9-18(10-14-20)22(27)16-24-15-21(25(3)4)17-7-11-19(23)12-8-17/h7-14,21,24H,5-6,15-16H2,1-4H3. The molecule has 0 radical (unpaired) electrons. The van der Waals surface area contributed by atoms with Crippen molar-refractivity contribution < 1.29 is 17.6 Å². The van der Waals surface area contributed by atoms with Gasteiger partial charge >= 0.3 is 0 Å². The van der Waals surface area contributed by atoms with Gasteiger partial charge in [-0.05, 0) is 43.9 Å². The van der Waals surface area contributed by atoms with Gasteiger partial charge in [-0.15, -0.1) is 0 Å². The van der Waals surface area contributed by atoms with Gasteiger partial charge in [0.05, 0.1) is 11.4 Å². The fourth-order valence-corrected chi connectivity index (χ4v) is 4.69. The molecule has 0 aliphatic heterocycles. The van der Waals surface area contributed by atoms with Gasteiger partial charge in [-0.1, -0.05) is 38.1 Å². The van der Waals surface area contributed by atoms with Gasteiger partial charge in [-0.2, -0.15) is 4.31 Å². The molecule has 0 fully saturated rings. The maximum Gasteiger partial charge on any atom is 0.243 e. The Morgan fingerprint density at radius 2 is 1.57 bits per heavy atom. The van der Waals surface area contributed by atoms with E-state index in [1.807, 2.05) is 19.0 Å². The molecule has 2 aromatic rings. The summed E-state index contributed by atoms with van der Waals surface area (Å²) in [4.78, 5) is 14.7. The Kier molecular flexibility index (Phi) is 8.66. The number of carbonyl (C=O) groups excluding carboxylic acids is 1. The first-order valence-corrected chi connectivity index (χ1v) is 11.4. The van der Waals surface area contributed by atoms with E-state index in [4.69, 9.17) is 0 Å². The highest BCUT2D eigenvalue weighted by Gasteiger charge is 2.21. The summed E-state index contributed by atoms with van der Waals surface area (Å²) in [5.41, 5.74) is 1.40. The fourth-order valence-electron chi connectivity index (χ4n) is 3.23. The average molecular weight is 436 g/mol. The fraction of sp³-hybridized carbons (Fsp3) is 0.409. The number of ketones is 1. The second kappa shape index (κ2) is 10.8. The van der Waals surface area contributed by atoms with Crippen molar-refractivity contribution in [1.29, 1.82) is 0 Å². The third-order valence-corrected chi connectivity index (χ3v) is 7.08. The van der Waals surface area contributed by atoms with Crippen LogP contribution in [-0.2, 0) is 10.0 Å². The number of halogens is 1. The Balaban J connectivity index is 2.00. The average Bonchev–Trinajstić information content (AvgIpc) is 2.72. The molecule has 0 spiro atoms. The molecule has 0 aromatic heterocycles. The summed E-state index contributed by atoms with van der Waals surface area (Å²) < 4.78 is 39.6. The number of sulfonamides is 1. The van der Waals surface area contributed by atoms with E-state index in [0.29, 0.717) is 25.2 Å². The van der Waals surface area contributed by atoms with Gasteiger partial charge in [0.15, 0.2) is 5.78 Å². The molecule has 0 saturated carbocycles. The highest BCUT2D eigenvalue weighted by Crippen LogP contribution is 2.18. The smallest absolute Gasteiger partial charge is 0.243 e. The summed E-state index contributed by atoms with van der Waals surface area (Å²) in [6, 6.07) is 12.3. The molecule has 2 aromatic carbocycles. The van der Waals surface area contributed by atoms with Crippen LogP contribution in [0.15, 0.2) is 53.4 Å². The van der Waals surface area contributed by atoms with Gasteiger partial charge in [0.2, 0.25) is 10.0 Å². The lowest BCUT2D eigenvalue weighted by Gasteiger charge is -2.25. The predicted octanol–water partition coefficient (Wildman–Crippen LogP) is 2.93. The molecule has 1 unspecified atom stereocenters. The quantitative estimate of drug-likeness (QED) is 0.550. The van der Waals surface area contributed by atoms with Crippen LogP contribution in [0.25, 0.3) is 0 Å². The monoisotopic (exact) mass is 435 g/mol. The van der Waals surface area contributed by atoms with Gasteiger partial charge in [-0.3, -0.25) is 4.79 Å². The number of carbonyl (C=O) groups is 1. The Labute approximate surface area is 178 Å². The molecule has 2 rings (SSSR count). The van der Waals surface area contributed by atoms with Crippen LogP contribution in [0, 0.1) is 5.82 Å². The first kappa shape index (κ1) is 24.1. The lowest BCUT2D eigenvalue weighted by molar-refractivity contribution is 0.0988. The molecule has 1 atom stereocenters. The summed E-state index contributed by atoms with van der Waals surface area (Å²) in [6.07, 6.45) is 0. The van der Waals surface area contributed by atoms with Crippen molar-refractivity contribution in [3.05, 3.63) is 65.5 Å². The highest BCUT2D eigenvalue weighted by atomic mass is 32.2. The van der Waals surface area contributed by atoms with Crippen LogP contribution in [0.1, 0.15) is 35.8 Å². The molecular weight excluding hydrogens is 405 g/mol. The summed E-state index contributed by atoms with van der Waals surface area (Å²) in [6.45, 7) is 5.00. The molecule has 0 aliphatic carbocycles. The minimum absolute atomic E-state index is 0.0139. The van der Waals surface area contributed by atoms with E-state index < -0.39 is 10.0 Å². The Morgan fingerprint density at radius 1 is 1.00 bits per heavy atom. The maximum absolute atomic E-state index is 13.2. The van der Waals surface area contributed by atoms with Gasteiger partial charge in [0.1, 0.15) is 5.82 Å². The number of nitrogens with zero attached hydrogens (tertiary/aromatic N) is 2. The molecule has 8 heteroatoms. The Morgan fingerprint density at radius 3 is 2.07 bits per heavy atom. The van der Waals surface area contributed by atoms with E-state index in [2.05, 4.69) is 5.32 Å². The van der Waals surface area contributed by atoms with Gasteiger partial charge in [0.25, 0.3) is 0 Å². The zero-order valence-electron chi connectivity index (χ0n) is 17.9. The zero-order valence-corrected chi connectivity index (χ0v) is 18.7. The van der Waals surface area contributed by atoms with Gasteiger partial charge in [0, 0.05) is 31.2 Å². The normalized spacial score (nSPS) is 13.0. The second-order valence-electron chi connectivity index (χ2n) is 7.20. The van der Waals surface area contributed by atoms with Crippen LogP contribution in [0.2, 0.25) is 0 Å². The molecular formula is C22H30FN3O3S. The molecule has 0 aliphatic rings. The van der Waals surface area contributed by atoms with Crippen molar-refractivity contribution in [3.8, 4) is 0 Å². The number of Topliss-reactive ketones (excluding diaryl/α,β-unsaturated/α-hetero) is 1. The molecule has 0 heterocycles. The third kappa shape index (κ3) is 5.95. The van der Waals surface area contributed by atoms with Crippen LogP contribution in [-0.4, -0.2) is 63.7 Å². The van der Waals surface area contributed by atoms with Gasteiger partial charge in [-0.25, -0.2) is 12.8 Å². The van der Waals surface area contributed by atoms with Crippen molar-refractivity contribution in [1.82, 2.24) is 14.5 Å². The molecule has 164 valence electrons. The summed E-state index contributed by atoms with van der Waals surface area (Å²) in [7, 11) is 0.305. The molecule has 1 N–H and O–H groups in total. The number of rotatable bonds is 11. The van der Waals surface area contributed by atoms with Crippen molar-refractivity contribution in [2.75, 3.05) is 40.3 Å². The first-order chi connectivity index (χ1) is 14.2. The number of hydrogen-bond donors (Lipinski definition) is 1. The SMILES string of the molecule is CCN(CC)S(=O)(=O)c1ccc(C(=O)CNCC(c2ccc(F)cc2)N(C)C)cc1. The second-order valence-corrected chi connectivity index (χ2v) is 9.14. The minimum atomic E-state index is -3.54. The zero-order chi connectivity index (χ0) is 22.3. The Hall–Kier alpha value is -2.13. The van der Waals surface area contributed by atoms with Crippen LogP contribution in [0.3, 0.4) is 0 Å². The summed E-state index contributed by atoms with van der Waals surface area (Å²) in [5, 5.41) is 3.15. The molecule has 0 bridgehead atoms. The van der Waals surface area contributed by atoms with Gasteiger partial charge < -0.3 is 10.2 Å². The van der Waals surface area contributed by atoms with E-state index in [0.717, 1.165) is 5.56 Å². The Bertz CT molecular complexity index is 925. The molecule has 30 heavy (non-hydrogen) atoms. The maximum atomic E-state index is 13.2. The van der Waals surface area contributed by atoms with Crippen molar-refractivity contribution >= 4 is 15.8 Å². The number of likely N-dealkylation sites (N-methyl/N-ethyl adjacent to an activating group) is 1. The van der Waals surface area contributed by atoms with E-state index in [1.54, 1.807) is 38.1 Å². The highest BCUT2D eigenvalue weighted by molar-refractivity contribution is 7.89. The molecule has 0 saturated heterocycles. The summed E-state index contributed by atoms with van der Waals surface area (Å²) >= 11 is 0. The largest absolute Gasteiger partial charge is 0.308 e. The van der Waals surface area contributed by atoms with Crippen LogP contribution in [0.5, 0.6) is 0 Å². The van der Waals surface area contributed by atoms with Crippen LogP contribution in [0.4, 0.5) is 4.39 Å². The molecule has 0 amide bonds. The van der Waals surface area contributed by atoms with E-state index >= 15 is 0 Å². The van der Waals surface area contributed by atoms with Crippen LogP contribution >= 0.6 is 0 Å². The van der Waals surface area contributed by atoms with Crippen LogP contribution < -0.4 is 5.32 Å². The first-order valence-electron chi connectivity index (χ1n) is 9.96. The van der Waals surface area contributed by atoms with E-state index in [9.17, 15) is 17.6 Å². The topological polar surface area (TPSA) is 69.7 Å². The third-order valence-electron chi connectivity index (χ3n) is 5.02. The lowest BCUT2D eigenvalue weighted by atomic mass is 10.1. The minimum Gasteiger partial charge on any atom is -0.308 e. The van der Waals surface area contributed by atoms with Crippen molar-refractivity contribution in [2.24, 2.45) is 0 Å².